The molecule has 0 unspecified atom stereocenters. The number of benzene rings is 1. The molecule has 1 aliphatic heterocycles. The average molecular weight is 407 g/mol. The number of nitrogens with two attached hydrogens (primary N) is 1. The van der Waals surface area contributed by atoms with Gasteiger partial charge in [-0.3, -0.25) is 4.79 Å². The summed E-state index contributed by atoms with van der Waals surface area (Å²) < 4.78 is 18.9. The fraction of sp³-hybridized carbons (Fsp3) is 0.278. The zero-order valence-electron chi connectivity index (χ0n) is 14.9. The van der Waals surface area contributed by atoms with Crippen LogP contribution in [0.2, 0.25) is 0 Å². The van der Waals surface area contributed by atoms with Gasteiger partial charge < -0.3 is 25.7 Å². The molecule has 28 heavy (non-hydrogen) atoms. The predicted octanol–water partition coefficient (Wildman–Crippen LogP) is 2.55. The highest BCUT2D eigenvalue weighted by Gasteiger charge is 2.20. The third-order valence-electron chi connectivity index (χ3n) is 4.38. The van der Waals surface area contributed by atoms with Crippen molar-refractivity contribution in [3.05, 3.63) is 42.0 Å². The number of furan rings is 1. The van der Waals surface area contributed by atoms with Crippen molar-refractivity contribution in [3.8, 4) is 0 Å². The Bertz CT molecular complexity index is 987. The summed E-state index contributed by atoms with van der Waals surface area (Å²) in [5.74, 6) is -0.509. The van der Waals surface area contributed by atoms with E-state index in [9.17, 15) is 9.18 Å². The van der Waals surface area contributed by atoms with Gasteiger partial charge in [0.15, 0.2) is 17.4 Å². The number of carbonyl (C=O) groups is 1. The molecule has 0 bridgehead atoms. The van der Waals surface area contributed by atoms with Gasteiger partial charge in [-0.15, -0.1) is 12.4 Å². The number of anilines is 3. The lowest BCUT2D eigenvalue weighted by atomic mass is 10.2. The summed E-state index contributed by atoms with van der Waals surface area (Å²) in [6, 6.07) is 7.05. The number of halogens is 2. The Hall–Kier alpha value is -2.91. The van der Waals surface area contributed by atoms with E-state index in [-0.39, 0.29) is 30.1 Å². The highest BCUT2D eigenvalue weighted by atomic mass is 35.5. The first-order chi connectivity index (χ1) is 13.1. The predicted molar refractivity (Wildman–Crippen MR) is 107 cm³/mol. The van der Waals surface area contributed by atoms with Crippen LogP contribution in [0.5, 0.6) is 0 Å². The highest BCUT2D eigenvalue weighted by molar-refractivity contribution is 5.96. The third kappa shape index (κ3) is 4.15. The number of hydrogen-bond acceptors (Lipinski definition) is 7. The van der Waals surface area contributed by atoms with Crippen LogP contribution < -0.4 is 16.4 Å². The molecule has 2 aromatic heterocycles. The zero-order valence-corrected chi connectivity index (χ0v) is 15.8. The van der Waals surface area contributed by atoms with Gasteiger partial charge in [-0.1, -0.05) is 0 Å². The Balaban J connectivity index is 0.00000225. The van der Waals surface area contributed by atoms with Crippen molar-refractivity contribution < 1.29 is 13.6 Å². The normalized spacial score (nSPS) is 14.4. The fourth-order valence-corrected chi connectivity index (χ4v) is 3.00. The molecule has 8 nitrogen and oxygen atoms in total. The van der Waals surface area contributed by atoms with Crippen molar-refractivity contribution in [2.24, 2.45) is 0 Å². The monoisotopic (exact) mass is 406 g/mol. The van der Waals surface area contributed by atoms with Gasteiger partial charge in [-0.2, -0.15) is 4.98 Å². The SMILES string of the molecule is Cl.Nc1nc(Nc2ccc3oc(C(=O)N4CCCNCC4)cc3c2)ncc1F. The quantitative estimate of drug-likeness (QED) is 0.613. The number of nitrogen functional groups attached to an aromatic ring is 1. The topological polar surface area (TPSA) is 109 Å². The Morgan fingerprint density at radius 3 is 2.96 bits per heavy atom. The van der Waals surface area contributed by atoms with Crippen molar-refractivity contribution in [2.75, 3.05) is 37.2 Å². The van der Waals surface area contributed by atoms with Gasteiger partial charge in [0, 0.05) is 30.7 Å². The van der Waals surface area contributed by atoms with Crippen molar-refractivity contribution in [1.29, 1.82) is 0 Å². The van der Waals surface area contributed by atoms with Gasteiger partial charge in [0.05, 0.1) is 6.20 Å². The van der Waals surface area contributed by atoms with E-state index in [4.69, 9.17) is 10.2 Å². The van der Waals surface area contributed by atoms with E-state index in [1.165, 1.54) is 0 Å². The van der Waals surface area contributed by atoms with E-state index in [1.807, 2.05) is 6.07 Å². The fourth-order valence-electron chi connectivity index (χ4n) is 3.00. The van der Waals surface area contributed by atoms with E-state index in [0.29, 0.717) is 30.1 Å². The van der Waals surface area contributed by atoms with Crippen molar-refractivity contribution in [2.45, 2.75) is 6.42 Å². The van der Waals surface area contributed by atoms with Crippen molar-refractivity contribution in [1.82, 2.24) is 20.2 Å². The maximum Gasteiger partial charge on any atom is 0.289 e. The molecule has 1 amide bonds. The van der Waals surface area contributed by atoms with Gasteiger partial charge in [0.1, 0.15) is 5.58 Å². The largest absolute Gasteiger partial charge is 0.451 e. The summed E-state index contributed by atoms with van der Waals surface area (Å²) in [5, 5.41) is 7.00. The Labute approximate surface area is 166 Å². The van der Waals surface area contributed by atoms with Crippen molar-refractivity contribution >= 4 is 46.7 Å². The van der Waals surface area contributed by atoms with Crippen LogP contribution in [0.1, 0.15) is 17.0 Å². The lowest BCUT2D eigenvalue weighted by Gasteiger charge is -2.18. The van der Waals surface area contributed by atoms with Crippen LogP contribution in [-0.2, 0) is 0 Å². The minimum absolute atomic E-state index is 0. The minimum atomic E-state index is -0.669. The van der Waals surface area contributed by atoms with Gasteiger partial charge in [0.25, 0.3) is 5.91 Å². The van der Waals surface area contributed by atoms with E-state index >= 15 is 0 Å². The van der Waals surface area contributed by atoms with Crippen LogP contribution in [0.3, 0.4) is 0 Å². The average Bonchev–Trinajstić information content (AvgIpc) is 2.89. The molecule has 4 N–H and O–H groups in total. The molecule has 3 heterocycles. The van der Waals surface area contributed by atoms with Gasteiger partial charge in [0.2, 0.25) is 5.95 Å². The second kappa shape index (κ2) is 8.41. The summed E-state index contributed by atoms with van der Waals surface area (Å²) >= 11 is 0. The summed E-state index contributed by atoms with van der Waals surface area (Å²) in [6.45, 7) is 3.06. The first-order valence-corrected chi connectivity index (χ1v) is 8.69. The third-order valence-corrected chi connectivity index (χ3v) is 4.38. The first kappa shape index (κ1) is 19.8. The summed E-state index contributed by atoms with van der Waals surface area (Å²) in [7, 11) is 0. The molecule has 1 aliphatic rings. The number of rotatable bonds is 3. The van der Waals surface area contributed by atoms with Crippen LogP contribution in [0.15, 0.2) is 34.9 Å². The summed E-state index contributed by atoms with van der Waals surface area (Å²) in [5.41, 5.74) is 6.74. The van der Waals surface area contributed by atoms with E-state index < -0.39 is 5.82 Å². The Morgan fingerprint density at radius 2 is 2.14 bits per heavy atom. The van der Waals surface area contributed by atoms with E-state index in [1.54, 1.807) is 23.1 Å². The van der Waals surface area contributed by atoms with Crippen LogP contribution in [-0.4, -0.2) is 47.0 Å². The number of carbonyl (C=O) groups excluding carboxylic acids is 1. The maximum atomic E-state index is 13.2. The zero-order chi connectivity index (χ0) is 18.8. The number of amides is 1. The second-order valence-electron chi connectivity index (χ2n) is 6.31. The Morgan fingerprint density at radius 1 is 1.29 bits per heavy atom. The summed E-state index contributed by atoms with van der Waals surface area (Å²) in [6.07, 6.45) is 1.93. The van der Waals surface area contributed by atoms with E-state index in [0.717, 1.165) is 31.1 Å². The highest BCUT2D eigenvalue weighted by Crippen LogP contribution is 2.25. The molecule has 0 atom stereocenters. The number of aromatic nitrogens is 2. The smallest absolute Gasteiger partial charge is 0.289 e. The molecule has 0 radical (unpaired) electrons. The standard InChI is InChI=1S/C18H19FN6O2.ClH/c19-13-10-22-18(24-16(13)20)23-12-2-3-14-11(8-12)9-15(27-14)17(26)25-6-1-4-21-5-7-25;/h2-3,8-10,21H,1,4-7H2,(H3,20,22,23,24);1H. The molecule has 0 spiro atoms. The van der Waals surface area contributed by atoms with Gasteiger partial charge in [-0.25, -0.2) is 9.37 Å². The lowest BCUT2D eigenvalue weighted by molar-refractivity contribution is 0.0737. The van der Waals surface area contributed by atoms with Crippen LogP contribution in [0.4, 0.5) is 21.8 Å². The van der Waals surface area contributed by atoms with Gasteiger partial charge in [-0.05, 0) is 37.2 Å². The number of nitrogens with zero attached hydrogens (tertiary/aromatic N) is 3. The molecule has 0 aliphatic carbocycles. The first-order valence-electron chi connectivity index (χ1n) is 8.69. The molecule has 10 heteroatoms. The van der Waals surface area contributed by atoms with Crippen LogP contribution in [0, 0.1) is 5.82 Å². The summed E-state index contributed by atoms with van der Waals surface area (Å²) in [4.78, 5) is 22.2. The van der Waals surface area contributed by atoms with Crippen LogP contribution in [0.25, 0.3) is 11.0 Å². The molecule has 0 saturated carbocycles. The molecular formula is C18H20ClFN6O2. The molecule has 1 saturated heterocycles. The van der Waals surface area contributed by atoms with Gasteiger partial charge >= 0.3 is 0 Å². The molecule has 1 fully saturated rings. The number of nitrogens with one attached hydrogen (secondary N) is 2. The second-order valence-corrected chi connectivity index (χ2v) is 6.31. The minimum Gasteiger partial charge on any atom is -0.451 e. The molecule has 148 valence electrons. The molecular weight excluding hydrogens is 387 g/mol. The van der Waals surface area contributed by atoms with E-state index in [2.05, 4.69) is 20.6 Å². The number of hydrogen-bond donors (Lipinski definition) is 3. The lowest BCUT2D eigenvalue weighted by Crippen LogP contribution is -2.33. The Kier molecular flexibility index (Phi) is 5.96. The maximum absolute atomic E-state index is 13.2. The molecule has 1 aromatic carbocycles. The number of fused-ring (bicyclic) bond motifs is 1. The van der Waals surface area contributed by atoms with Crippen molar-refractivity contribution in [3.63, 3.8) is 0 Å². The molecule has 4 rings (SSSR count). The molecule has 3 aromatic rings. The van der Waals surface area contributed by atoms with Crippen LogP contribution >= 0.6 is 12.4 Å².